The molecular formula is C22H27N3O2. The van der Waals surface area contributed by atoms with Gasteiger partial charge in [-0.1, -0.05) is 38.1 Å². The number of nitrogens with zero attached hydrogens (tertiary/aromatic N) is 1. The van der Waals surface area contributed by atoms with E-state index in [9.17, 15) is 9.59 Å². The van der Waals surface area contributed by atoms with E-state index in [4.69, 9.17) is 0 Å². The molecule has 0 unspecified atom stereocenters. The van der Waals surface area contributed by atoms with E-state index in [1.165, 1.54) is 0 Å². The van der Waals surface area contributed by atoms with E-state index in [0.29, 0.717) is 12.3 Å². The second-order valence-corrected chi connectivity index (χ2v) is 7.30. The van der Waals surface area contributed by atoms with Gasteiger partial charge in [-0.15, -0.1) is 0 Å². The molecule has 1 fully saturated rings. The van der Waals surface area contributed by atoms with E-state index in [0.717, 1.165) is 35.6 Å². The molecule has 0 aliphatic carbocycles. The number of benzene rings is 2. The number of amides is 2. The lowest BCUT2D eigenvalue weighted by atomic mass is 10.0. The molecule has 5 nitrogen and oxygen atoms in total. The maximum atomic E-state index is 12.6. The van der Waals surface area contributed by atoms with Gasteiger partial charge >= 0.3 is 0 Å². The molecule has 1 aliphatic rings. The molecular weight excluding hydrogens is 338 g/mol. The first-order chi connectivity index (χ1) is 13.0. The molecule has 3 rings (SSSR count). The fraction of sp³-hybridized carbons (Fsp3) is 0.364. The first-order valence-electron chi connectivity index (χ1n) is 9.52. The molecule has 2 aromatic rings. The quantitative estimate of drug-likeness (QED) is 0.799. The topological polar surface area (TPSA) is 61.4 Å². The zero-order valence-electron chi connectivity index (χ0n) is 16.2. The van der Waals surface area contributed by atoms with Crippen LogP contribution in [0.4, 0.5) is 17.1 Å². The highest BCUT2D eigenvalue weighted by Crippen LogP contribution is 2.26. The van der Waals surface area contributed by atoms with Crippen LogP contribution in [0, 0.1) is 0 Å². The average molecular weight is 365 g/mol. The van der Waals surface area contributed by atoms with Crippen molar-refractivity contribution in [1.29, 1.82) is 0 Å². The van der Waals surface area contributed by atoms with Gasteiger partial charge in [0, 0.05) is 30.0 Å². The summed E-state index contributed by atoms with van der Waals surface area (Å²) in [6.45, 7) is 6.81. The highest BCUT2D eigenvalue weighted by atomic mass is 16.2. The van der Waals surface area contributed by atoms with E-state index < -0.39 is 6.04 Å². The van der Waals surface area contributed by atoms with E-state index in [2.05, 4.69) is 24.5 Å². The molecule has 1 aliphatic heterocycles. The fourth-order valence-corrected chi connectivity index (χ4v) is 3.36. The minimum atomic E-state index is -0.408. The highest BCUT2D eigenvalue weighted by Gasteiger charge is 2.22. The maximum Gasteiger partial charge on any atom is 0.246 e. The summed E-state index contributed by atoms with van der Waals surface area (Å²) >= 11 is 0. The Balaban J connectivity index is 1.68. The Morgan fingerprint density at radius 3 is 2.56 bits per heavy atom. The smallest absolute Gasteiger partial charge is 0.246 e. The van der Waals surface area contributed by atoms with Crippen LogP contribution >= 0.6 is 0 Å². The summed E-state index contributed by atoms with van der Waals surface area (Å²) in [5.74, 6) is 0.397. The van der Waals surface area contributed by atoms with Crippen LogP contribution in [0.5, 0.6) is 0 Å². The van der Waals surface area contributed by atoms with E-state index >= 15 is 0 Å². The predicted octanol–water partition coefficient (Wildman–Crippen LogP) is 4.38. The van der Waals surface area contributed by atoms with Gasteiger partial charge in [-0.25, -0.2) is 0 Å². The number of hydrogen-bond donors (Lipinski definition) is 2. The molecule has 2 aromatic carbocycles. The minimum Gasteiger partial charge on any atom is -0.374 e. The minimum absolute atomic E-state index is 0.0919. The predicted molar refractivity (Wildman–Crippen MR) is 110 cm³/mol. The van der Waals surface area contributed by atoms with Crippen molar-refractivity contribution >= 4 is 28.9 Å². The second-order valence-electron chi connectivity index (χ2n) is 7.30. The van der Waals surface area contributed by atoms with Crippen LogP contribution in [0.25, 0.3) is 0 Å². The van der Waals surface area contributed by atoms with Crippen LogP contribution in [0.2, 0.25) is 0 Å². The molecule has 0 radical (unpaired) electrons. The normalized spacial score (nSPS) is 15.1. The number of para-hydroxylation sites is 1. The molecule has 0 aromatic heterocycles. The lowest BCUT2D eigenvalue weighted by Crippen LogP contribution is -2.32. The summed E-state index contributed by atoms with van der Waals surface area (Å²) in [6, 6.07) is 15.1. The molecule has 0 bridgehead atoms. The lowest BCUT2D eigenvalue weighted by molar-refractivity contribution is -0.117. The van der Waals surface area contributed by atoms with Gasteiger partial charge in [0.15, 0.2) is 0 Å². The van der Waals surface area contributed by atoms with Crippen LogP contribution in [-0.2, 0) is 9.59 Å². The Morgan fingerprint density at radius 2 is 1.85 bits per heavy atom. The number of carbonyl (C=O) groups excluding carboxylic acids is 2. The fourth-order valence-electron chi connectivity index (χ4n) is 3.36. The van der Waals surface area contributed by atoms with Gasteiger partial charge in [-0.3, -0.25) is 9.59 Å². The zero-order valence-corrected chi connectivity index (χ0v) is 16.2. The summed E-state index contributed by atoms with van der Waals surface area (Å²) in [5.41, 5.74) is 3.67. The van der Waals surface area contributed by atoms with Crippen molar-refractivity contribution in [2.24, 2.45) is 0 Å². The Kier molecular flexibility index (Phi) is 5.79. The third-order valence-corrected chi connectivity index (χ3v) is 4.85. The Labute approximate surface area is 160 Å². The van der Waals surface area contributed by atoms with E-state index in [1.54, 1.807) is 4.90 Å². The monoisotopic (exact) mass is 365 g/mol. The van der Waals surface area contributed by atoms with Crippen molar-refractivity contribution in [1.82, 2.24) is 0 Å². The summed E-state index contributed by atoms with van der Waals surface area (Å²) in [6.07, 6.45) is 1.50. The number of carbonyl (C=O) groups is 2. The molecule has 142 valence electrons. The molecule has 0 saturated carbocycles. The van der Waals surface area contributed by atoms with Crippen LogP contribution < -0.4 is 15.5 Å². The van der Waals surface area contributed by atoms with E-state index in [-0.39, 0.29) is 11.8 Å². The molecule has 1 atom stereocenters. The third kappa shape index (κ3) is 4.48. The molecule has 5 heteroatoms. The standard InChI is InChI=1S/C22H27N3O2/c1-15(2)19-10-4-5-11-20(19)24-22(27)16(3)23-17-8-6-9-18(14-17)25-13-7-12-21(25)26/h4-6,8-11,14-16,23H,7,12-13H2,1-3H3,(H,24,27)/t16-/m0/s1. The van der Waals surface area contributed by atoms with Gasteiger partial charge < -0.3 is 15.5 Å². The number of nitrogens with one attached hydrogen (secondary N) is 2. The van der Waals surface area contributed by atoms with Gasteiger partial charge in [0.2, 0.25) is 11.8 Å². The van der Waals surface area contributed by atoms with Crippen molar-refractivity contribution in [3.05, 3.63) is 54.1 Å². The van der Waals surface area contributed by atoms with E-state index in [1.807, 2.05) is 55.5 Å². The highest BCUT2D eigenvalue weighted by molar-refractivity contribution is 5.98. The van der Waals surface area contributed by atoms with Gasteiger partial charge in [0.25, 0.3) is 0 Å². The number of hydrogen-bond acceptors (Lipinski definition) is 3. The summed E-state index contributed by atoms with van der Waals surface area (Å²) < 4.78 is 0. The number of rotatable bonds is 6. The molecule has 2 amide bonds. The van der Waals surface area contributed by atoms with Crippen LogP contribution in [0.15, 0.2) is 48.5 Å². The molecule has 0 spiro atoms. The first kappa shape index (κ1) is 19.0. The van der Waals surface area contributed by atoms with Gasteiger partial charge in [0.1, 0.15) is 6.04 Å². The Bertz CT molecular complexity index is 832. The molecule has 1 saturated heterocycles. The SMILES string of the molecule is CC(C)c1ccccc1NC(=O)[C@H](C)Nc1cccc(N2CCCC2=O)c1. The Morgan fingerprint density at radius 1 is 1.07 bits per heavy atom. The third-order valence-electron chi connectivity index (χ3n) is 4.85. The zero-order chi connectivity index (χ0) is 19.4. The van der Waals surface area contributed by atoms with Crippen LogP contribution in [-0.4, -0.2) is 24.4 Å². The maximum absolute atomic E-state index is 12.6. The van der Waals surface area contributed by atoms with Gasteiger partial charge in [-0.05, 0) is 49.1 Å². The largest absolute Gasteiger partial charge is 0.374 e. The summed E-state index contributed by atoms with van der Waals surface area (Å²) in [7, 11) is 0. The average Bonchev–Trinajstić information content (AvgIpc) is 3.08. The molecule has 1 heterocycles. The second kappa shape index (κ2) is 8.25. The summed E-state index contributed by atoms with van der Waals surface area (Å²) in [4.78, 5) is 26.4. The van der Waals surface area contributed by atoms with Crippen molar-refractivity contribution in [3.63, 3.8) is 0 Å². The van der Waals surface area contributed by atoms with Crippen LogP contribution in [0.3, 0.4) is 0 Å². The Hall–Kier alpha value is -2.82. The first-order valence-corrected chi connectivity index (χ1v) is 9.52. The molecule has 2 N–H and O–H groups in total. The van der Waals surface area contributed by atoms with Crippen molar-refractivity contribution in [3.8, 4) is 0 Å². The van der Waals surface area contributed by atoms with Crippen molar-refractivity contribution in [2.75, 3.05) is 22.1 Å². The lowest BCUT2D eigenvalue weighted by Gasteiger charge is -2.20. The van der Waals surface area contributed by atoms with Gasteiger partial charge in [0.05, 0.1) is 0 Å². The van der Waals surface area contributed by atoms with Crippen molar-refractivity contribution in [2.45, 2.75) is 45.6 Å². The molecule has 27 heavy (non-hydrogen) atoms. The van der Waals surface area contributed by atoms with Gasteiger partial charge in [-0.2, -0.15) is 0 Å². The number of anilines is 3. The van der Waals surface area contributed by atoms with Crippen molar-refractivity contribution < 1.29 is 9.59 Å². The van der Waals surface area contributed by atoms with Crippen LogP contribution in [0.1, 0.15) is 45.1 Å². The summed E-state index contributed by atoms with van der Waals surface area (Å²) in [5, 5.41) is 6.26.